The molecule has 1 aliphatic rings. The van der Waals surface area contributed by atoms with E-state index in [2.05, 4.69) is 4.98 Å². The van der Waals surface area contributed by atoms with Gasteiger partial charge in [0.25, 0.3) is 0 Å². The van der Waals surface area contributed by atoms with Crippen molar-refractivity contribution in [1.82, 2.24) is 9.88 Å². The number of nitrogens with zero attached hydrogens (tertiary/aromatic N) is 2. The molecule has 1 aromatic rings. The van der Waals surface area contributed by atoms with Gasteiger partial charge in [0.2, 0.25) is 0 Å². The van der Waals surface area contributed by atoms with E-state index in [1.165, 1.54) is 0 Å². The molecule has 92 valence electrons. The molecule has 0 atom stereocenters. The number of aromatic nitrogens is 1. The minimum atomic E-state index is -0.719. The number of carbonyl (C=O) groups excluding carboxylic acids is 1. The number of hydrogen-bond donors (Lipinski definition) is 0. The number of esters is 1. The first-order valence-corrected chi connectivity index (χ1v) is 5.68. The first-order valence-electron chi connectivity index (χ1n) is 5.68. The van der Waals surface area contributed by atoms with Crippen LogP contribution >= 0.6 is 0 Å². The number of carbonyl (C=O) groups is 1. The van der Waals surface area contributed by atoms with E-state index < -0.39 is 12.1 Å². The van der Waals surface area contributed by atoms with E-state index in [0.717, 1.165) is 5.69 Å². The molecule has 17 heavy (non-hydrogen) atoms. The van der Waals surface area contributed by atoms with Crippen molar-refractivity contribution >= 4 is 5.97 Å². The minimum Gasteiger partial charge on any atom is -0.461 e. The lowest BCUT2D eigenvalue weighted by Gasteiger charge is -2.33. The molecule has 0 amide bonds. The van der Waals surface area contributed by atoms with Gasteiger partial charge in [-0.25, -0.2) is 14.2 Å². The molecule has 1 saturated heterocycles. The monoisotopic (exact) mass is 238 g/mol. The number of halogens is 1. The number of pyridine rings is 1. The van der Waals surface area contributed by atoms with E-state index >= 15 is 0 Å². The summed E-state index contributed by atoms with van der Waals surface area (Å²) in [7, 11) is 0. The Morgan fingerprint density at radius 1 is 1.59 bits per heavy atom. The third-order valence-electron chi connectivity index (χ3n) is 2.59. The predicted octanol–water partition coefficient (Wildman–Crippen LogP) is 1.41. The van der Waals surface area contributed by atoms with Crippen LogP contribution < -0.4 is 0 Å². The number of rotatable bonds is 4. The second kappa shape index (κ2) is 5.23. The van der Waals surface area contributed by atoms with Gasteiger partial charge in [-0.1, -0.05) is 6.07 Å². The average molecular weight is 238 g/mol. The van der Waals surface area contributed by atoms with E-state index in [1.54, 1.807) is 19.1 Å². The van der Waals surface area contributed by atoms with Crippen molar-refractivity contribution in [2.75, 3.05) is 19.7 Å². The number of likely N-dealkylation sites (tertiary alicyclic amines) is 1. The van der Waals surface area contributed by atoms with Crippen molar-refractivity contribution < 1.29 is 13.9 Å². The summed E-state index contributed by atoms with van der Waals surface area (Å²) in [6, 6.07) is 5.21. The standard InChI is InChI=1S/C12H15FN2O2/c1-2-17-12(16)11-5-3-4-10(14-11)8-15-6-9(13)7-15/h3-5,9H,2,6-8H2,1H3. The molecule has 1 aromatic heterocycles. The molecule has 0 saturated carbocycles. The molecule has 0 radical (unpaired) electrons. The van der Waals surface area contributed by atoms with Crippen molar-refractivity contribution in [2.24, 2.45) is 0 Å². The fourth-order valence-corrected chi connectivity index (χ4v) is 1.75. The Kier molecular flexibility index (Phi) is 3.68. The largest absolute Gasteiger partial charge is 0.461 e. The van der Waals surface area contributed by atoms with Crippen LogP contribution in [0.2, 0.25) is 0 Å². The fraction of sp³-hybridized carbons (Fsp3) is 0.500. The molecule has 0 bridgehead atoms. The van der Waals surface area contributed by atoms with E-state index in [-0.39, 0.29) is 0 Å². The average Bonchev–Trinajstić information content (AvgIpc) is 2.28. The maximum atomic E-state index is 12.6. The zero-order valence-corrected chi connectivity index (χ0v) is 9.73. The van der Waals surface area contributed by atoms with Crippen molar-refractivity contribution in [2.45, 2.75) is 19.6 Å². The Balaban J connectivity index is 1.98. The van der Waals surface area contributed by atoms with Gasteiger partial charge < -0.3 is 4.74 Å². The van der Waals surface area contributed by atoms with Crippen molar-refractivity contribution in [3.63, 3.8) is 0 Å². The highest BCUT2D eigenvalue weighted by Gasteiger charge is 2.26. The summed E-state index contributed by atoms with van der Waals surface area (Å²) >= 11 is 0. The van der Waals surface area contributed by atoms with Gasteiger partial charge in [-0.3, -0.25) is 4.90 Å². The van der Waals surface area contributed by atoms with E-state index in [1.807, 2.05) is 11.0 Å². The van der Waals surface area contributed by atoms with Crippen molar-refractivity contribution in [1.29, 1.82) is 0 Å². The Labute approximate surface area is 99.4 Å². The molecule has 0 spiro atoms. The summed E-state index contributed by atoms with van der Waals surface area (Å²) in [6.45, 7) is 3.56. The Bertz CT molecular complexity index is 405. The van der Waals surface area contributed by atoms with Gasteiger partial charge in [0, 0.05) is 19.6 Å². The smallest absolute Gasteiger partial charge is 0.356 e. The summed E-state index contributed by atoms with van der Waals surface area (Å²) in [5.74, 6) is -0.415. The van der Waals surface area contributed by atoms with Gasteiger partial charge in [-0.15, -0.1) is 0 Å². The SMILES string of the molecule is CCOC(=O)c1cccc(CN2CC(F)C2)n1. The number of alkyl halides is 1. The molecule has 0 aliphatic carbocycles. The first kappa shape index (κ1) is 12.0. The summed E-state index contributed by atoms with van der Waals surface area (Å²) in [5, 5.41) is 0. The molecule has 1 aliphatic heterocycles. The van der Waals surface area contributed by atoms with Crippen LogP contribution in [-0.2, 0) is 11.3 Å². The Morgan fingerprint density at radius 2 is 2.35 bits per heavy atom. The number of hydrogen-bond acceptors (Lipinski definition) is 4. The van der Waals surface area contributed by atoms with Gasteiger partial charge in [0.15, 0.2) is 0 Å². The van der Waals surface area contributed by atoms with E-state index in [0.29, 0.717) is 31.9 Å². The third kappa shape index (κ3) is 3.00. The van der Waals surface area contributed by atoms with Gasteiger partial charge in [-0.2, -0.15) is 0 Å². The second-order valence-corrected chi connectivity index (χ2v) is 4.03. The Hall–Kier alpha value is -1.49. The third-order valence-corrected chi connectivity index (χ3v) is 2.59. The molecule has 2 heterocycles. The van der Waals surface area contributed by atoms with Gasteiger partial charge in [-0.05, 0) is 19.1 Å². The Morgan fingerprint density at radius 3 is 3.00 bits per heavy atom. The molecule has 1 fully saturated rings. The van der Waals surface area contributed by atoms with Crippen LogP contribution in [0.15, 0.2) is 18.2 Å². The fourth-order valence-electron chi connectivity index (χ4n) is 1.75. The van der Waals surface area contributed by atoms with Crippen LogP contribution in [0.3, 0.4) is 0 Å². The lowest BCUT2D eigenvalue weighted by atomic mass is 10.2. The van der Waals surface area contributed by atoms with Gasteiger partial charge in [0.1, 0.15) is 11.9 Å². The van der Waals surface area contributed by atoms with Crippen LogP contribution in [0.4, 0.5) is 4.39 Å². The summed E-state index contributed by atoms with van der Waals surface area (Å²) < 4.78 is 17.5. The highest BCUT2D eigenvalue weighted by molar-refractivity contribution is 5.87. The molecule has 4 nitrogen and oxygen atoms in total. The molecular weight excluding hydrogens is 223 g/mol. The summed E-state index contributed by atoms with van der Waals surface area (Å²) in [4.78, 5) is 17.6. The summed E-state index contributed by atoms with van der Waals surface area (Å²) in [5.41, 5.74) is 1.07. The minimum absolute atomic E-state index is 0.307. The predicted molar refractivity (Wildman–Crippen MR) is 60.4 cm³/mol. The molecule has 0 N–H and O–H groups in total. The normalized spacial score (nSPS) is 16.6. The second-order valence-electron chi connectivity index (χ2n) is 4.03. The zero-order chi connectivity index (χ0) is 12.3. The van der Waals surface area contributed by atoms with Crippen LogP contribution in [0.1, 0.15) is 23.1 Å². The van der Waals surface area contributed by atoms with E-state index in [4.69, 9.17) is 4.74 Å². The molecule has 0 unspecified atom stereocenters. The quantitative estimate of drug-likeness (QED) is 0.744. The molecule has 5 heteroatoms. The molecule has 2 rings (SSSR count). The lowest BCUT2D eigenvalue weighted by Crippen LogP contribution is -2.47. The van der Waals surface area contributed by atoms with Gasteiger partial charge in [0.05, 0.1) is 12.3 Å². The maximum absolute atomic E-state index is 12.6. The van der Waals surface area contributed by atoms with Crippen LogP contribution in [0.25, 0.3) is 0 Å². The summed E-state index contributed by atoms with van der Waals surface area (Å²) in [6.07, 6.45) is -0.719. The highest BCUT2D eigenvalue weighted by Crippen LogP contribution is 2.14. The van der Waals surface area contributed by atoms with Crippen LogP contribution in [-0.4, -0.2) is 41.7 Å². The zero-order valence-electron chi connectivity index (χ0n) is 9.73. The van der Waals surface area contributed by atoms with Crippen LogP contribution in [0.5, 0.6) is 0 Å². The number of ether oxygens (including phenoxy) is 1. The van der Waals surface area contributed by atoms with Crippen LogP contribution in [0, 0.1) is 0 Å². The maximum Gasteiger partial charge on any atom is 0.356 e. The first-order chi connectivity index (χ1) is 8.19. The van der Waals surface area contributed by atoms with Crippen molar-refractivity contribution in [3.05, 3.63) is 29.6 Å². The van der Waals surface area contributed by atoms with Gasteiger partial charge >= 0.3 is 5.97 Å². The van der Waals surface area contributed by atoms with E-state index in [9.17, 15) is 9.18 Å². The highest BCUT2D eigenvalue weighted by atomic mass is 19.1. The molecular formula is C12H15FN2O2. The topological polar surface area (TPSA) is 42.4 Å². The van der Waals surface area contributed by atoms with Crippen molar-refractivity contribution in [3.8, 4) is 0 Å². The lowest BCUT2D eigenvalue weighted by molar-refractivity contribution is 0.0510. The molecule has 0 aromatic carbocycles.